The molecule has 0 bridgehead atoms. The van der Waals surface area contributed by atoms with Crippen LogP contribution in [0.5, 0.6) is 5.75 Å². The predicted molar refractivity (Wildman–Crippen MR) is 54.4 cm³/mol. The molecule has 1 unspecified atom stereocenters. The topological polar surface area (TPSA) is 46.5 Å². The quantitative estimate of drug-likeness (QED) is 0.770. The van der Waals surface area contributed by atoms with E-state index in [1.807, 2.05) is 30.3 Å². The van der Waals surface area contributed by atoms with Gasteiger partial charge in [-0.15, -0.1) is 4.89 Å². The molecule has 2 aromatic rings. The standard InChI is InChI=1S/C10H7O3P/c11-14(12)13-10-6-5-8-3-1-2-4-9(8)7-10/h1-7H/p+1. The molecule has 0 saturated heterocycles. The summed E-state index contributed by atoms with van der Waals surface area (Å²) >= 11 is 0. The molecule has 4 heteroatoms. The van der Waals surface area contributed by atoms with Gasteiger partial charge in [0.25, 0.3) is 0 Å². The van der Waals surface area contributed by atoms with E-state index in [0.717, 1.165) is 10.8 Å². The molecule has 2 aromatic carbocycles. The molecule has 0 amide bonds. The molecule has 3 nitrogen and oxygen atoms in total. The van der Waals surface area contributed by atoms with E-state index >= 15 is 0 Å². The Hall–Kier alpha value is -1.44. The van der Waals surface area contributed by atoms with E-state index in [2.05, 4.69) is 4.52 Å². The van der Waals surface area contributed by atoms with Crippen LogP contribution in [0, 0.1) is 0 Å². The van der Waals surface area contributed by atoms with E-state index in [1.165, 1.54) is 0 Å². The second-order valence-electron chi connectivity index (χ2n) is 2.84. The van der Waals surface area contributed by atoms with Gasteiger partial charge >= 0.3 is 8.25 Å². The Morgan fingerprint density at radius 2 is 1.79 bits per heavy atom. The van der Waals surface area contributed by atoms with E-state index < -0.39 is 8.25 Å². The minimum atomic E-state index is -2.58. The zero-order chi connectivity index (χ0) is 9.97. The molecule has 70 valence electrons. The first-order chi connectivity index (χ1) is 6.75. The fourth-order valence-corrected chi connectivity index (χ4v) is 1.61. The largest absolute Gasteiger partial charge is 0.747 e. The molecular weight excluding hydrogens is 199 g/mol. The molecule has 2 rings (SSSR count). The summed E-state index contributed by atoms with van der Waals surface area (Å²) in [5.41, 5.74) is 0. The second kappa shape index (κ2) is 3.74. The smallest absolute Gasteiger partial charge is 0.229 e. The van der Waals surface area contributed by atoms with Crippen LogP contribution in [0.3, 0.4) is 0 Å². The van der Waals surface area contributed by atoms with Crippen molar-refractivity contribution in [3.63, 3.8) is 0 Å². The van der Waals surface area contributed by atoms with Crippen LogP contribution >= 0.6 is 8.25 Å². The van der Waals surface area contributed by atoms with Gasteiger partial charge in [0.1, 0.15) is 0 Å². The van der Waals surface area contributed by atoms with Crippen LogP contribution in [0.1, 0.15) is 0 Å². The highest BCUT2D eigenvalue weighted by atomic mass is 31.1. The van der Waals surface area contributed by atoms with Gasteiger partial charge in [0.15, 0.2) is 5.75 Å². The highest BCUT2D eigenvalue weighted by Crippen LogP contribution is 2.26. The molecule has 0 spiro atoms. The first-order valence-electron chi connectivity index (χ1n) is 4.08. The van der Waals surface area contributed by atoms with E-state index in [9.17, 15) is 4.57 Å². The molecule has 0 aromatic heterocycles. The average molecular weight is 207 g/mol. The number of hydrogen-bond acceptors (Lipinski definition) is 2. The van der Waals surface area contributed by atoms with Gasteiger partial charge in [0.05, 0.1) is 0 Å². The second-order valence-corrected chi connectivity index (χ2v) is 3.50. The number of rotatable bonds is 2. The van der Waals surface area contributed by atoms with Gasteiger partial charge in [-0.3, -0.25) is 0 Å². The van der Waals surface area contributed by atoms with Crippen LogP contribution in [-0.4, -0.2) is 4.89 Å². The van der Waals surface area contributed by atoms with Crippen molar-refractivity contribution in [1.82, 2.24) is 0 Å². The lowest BCUT2D eigenvalue weighted by molar-refractivity contribution is 0.411. The Morgan fingerprint density at radius 3 is 2.50 bits per heavy atom. The Balaban J connectivity index is 2.46. The fourth-order valence-electron chi connectivity index (χ4n) is 1.31. The predicted octanol–water partition coefficient (Wildman–Crippen LogP) is 2.87. The minimum Gasteiger partial charge on any atom is -0.229 e. The molecule has 0 aliphatic carbocycles. The van der Waals surface area contributed by atoms with Crippen LogP contribution in [-0.2, 0) is 4.57 Å². The lowest BCUT2D eigenvalue weighted by Crippen LogP contribution is -1.80. The number of fused-ring (bicyclic) bond motifs is 1. The van der Waals surface area contributed by atoms with Crippen molar-refractivity contribution in [3.8, 4) is 5.75 Å². The summed E-state index contributed by atoms with van der Waals surface area (Å²) in [7, 11) is -2.58. The summed E-state index contributed by atoms with van der Waals surface area (Å²) < 4.78 is 15.1. The van der Waals surface area contributed by atoms with Crippen molar-refractivity contribution < 1.29 is 14.0 Å². The third-order valence-corrected chi connectivity index (χ3v) is 2.27. The Morgan fingerprint density at radius 1 is 1.07 bits per heavy atom. The molecule has 0 aliphatic rings. The molecule has 0 saturated carbocycles. The lowest BCUT2D eigenvalue weighted by atomic mass is 10.1. The molecule has 14 heavy (non-hydrogen) atoms. The van der Waals surface area contributed by atoms with Gasteiger partial charge in [0.2, 0.25) is 0 Å². The molecular formula is C10H8O3P+. The zero-order valence-corrected chi connectivity index (χ0v) is 8.15. The van der Waals surface area contributed by atoms with Crippen molar-refractivity contribution in [2.75, 3.05) is 0 Å². The SMILES string of the molecule is O=[P+](O)Oc1ccc2ccccc2c1. The summed E-state index contributed by atoms with van der Waals surface area (Å²) in [5, 5.41) is 2.06. The van der Waals surface area contributed by atoms with Crippen molar-refractivity contribution >= 4 is 19.0 Å². The highest BCUT2D eigenvalue weighted by molar-refractivity contribution is 7.32. The van der Waals surface area contributed by atoms with Gasteiger partial charge in [-0.2, -0.15) is 0 Å². The monoisotopic (exact) mass is 207 g/mol. The number of benzene rings is 2. The molecule has 1 atom stereocenters. The third kappa shape index (κ3) is 1.90. The van der Waals surface area contributed by atoms with E-state index in [4.69, 9.17) is 4.89 Å². The van der Waals surface area contributed by atoms with Gasteiger partial charge in [-0.1, -0.05) is 30.3 Å². The Labute approximate surface area is 81.9 Å². The highest BCUT2D eigenvalue weighted by Gasteiger charge is 2.13. The van der Waals surface area contributed by atoms with Crippen molar-refractivity contribution in [1.29, 1.82) is 0 Å². The summed E-state index contributed by atoms with van der Waals surface area (Å²) in [4.78, 5) is 8.56. The molecule has 0 heterocycles. The summed E-state index contributed by atoms with van der Waals surface area (Å²) in [6.07, 6.45) is 0. The molecule has 0 fully saturated rings. The van der Waals surface area contributed by atoms with Crippen molar-refractivity contribution in [2.24, 2.45) is 0 Å². The summed E-state index contributed by atoms with van der Waals surface area (Å²) in [6.45, 7) is 0. The van der Waals surface area contributed by atoms with Gasteiger partial charge in [-0.25, -0.2) is 4.52 Å². The van der Waals surface area contributed by atoms with Crippen molar-refractivity contribution in [3.05, 3.63) is 42.5 Å². The lowest BCUT2D eigenvalue weighted by Gasteiger charge is -1.96. The molecule has 0 aliphatic heterocycles. The first kappa shape index (κ1) is 9.13. The van der Waals surface area contributed by atoms with Crippen LogP contribution in [0.15, 0.2) is 42.5 Å². The third-order valence-electron chi connectivity index (χ3n) is 1.90. The Kier molecular flexibility index (Phi) is 2.44. The van der Waals surface area contributed by atoms with E-state index in [-0.39, 0.29) is 0 Å². The van der Waals surface area contributed by atoms with Crippen LogP contribution in [0.25, 0.3) is 10.8 Å². The van der Waals surface area contributed by atoms with E-state index in [1.54, 1.807) is 12.1 Å². The minimum absolute atomic E-state index is 0.410. The normalized spacial score (nSPS) is 11.4. The zero-order valence-electron chi connectivity index (χ0n) is 7.25. The number of hydrogen-bond donors (Lipinski definition) is 1. The van der Waals surface area contributed by atoms with E-state index in [0.29, 0.717) is 5.75 Å². The van der Waals surface area contributed by atoms with Crippen LogP contribution in [0.2, 0.25) is 0 Å². The van der Waals surface area contributed by atoms with Gasteiger partial charge < -0.3 is 0 Å². The molecule has 1 N–H and O–H groups in total. The summed E-state index contributed by atoms with van der Waals surface area (Å²) in [5.74, 6) is 0.410. The van der Waals surface area contributed by atoms with Crippen LogP contribution in [0.4, 0.5) is 0 Å². The van der Waals surface area contributed by atoms with Crippen LogP contribution < -0.4 is 4.52 Å². The molecule has 0 radical (unpaired) electrons. The van der Waals surface area contributed by atoms with Crippen molar-refractivity contribution in [2.45, 2.75) is 0 Å². The maximum Gasteiger partial charge on any atom is 0.747 e. The maximum absolute atomic E-state index is 10.4. The Bertz CT molecular complexity index is 482. The maximum atomic E-state index is 10.4. The first-order valence-corrected chi connectivity index (χ1v) is 5.21. The van der Waals surface area contributed by atoms with Gasteiger partial charge in [-0.05, 0) is 22.9 Å². The van der Waals surface area contributed by atoms with Gasteiger partial charge in [0, 0.05) is 4.57 Å². The summed E-state index contributed by atoms with van der Waals surface area (Å²) in [6, 6.07) is 13.0. The average Bonchev–Trinajstić information content (AvgIpc) is 2.17. The fraction of sp³-hybridized carbons (Fsp3) is 0.